The molecule has 0 unspecified atom stereocenters. The first-order valence-electron chi connectivity index (χ1n) is 6.85. The summed E-state index contributed by atoms with van der Waals surface area (Å²) in [7, 11) is 0. The van der Waals surface area contributed by atoms with Gasteiger partial charge < -0.3 is 10.5 Å². The molecule has 2 N–H and O–H groups in total. The van der Waals surface area contributed by atoms with Crippen LogP contribution in [0.25, 0.3) is 0 Å². The molecule has 0 aromatic heterocycles. The van der Waals surface area contributed by atoms with Crippen molar-refractivity contribution in [1.29, 1.82) is 0 Å². The van der Waals surface area contributed by atoms with Crippen molar-refractivity contribution in [3.05, 3.63) is 64.2 Å². The lowest BCUT2D eigenvalue weighted by Crippen LogP contribution is -2.15. The molecule has 0 aliphatic carbocycles. The zero-order valence-electron chi connectivity index (χ0n) is 12.1. The Morgan fingerprint density at radius 2 is 1.82 bits per heavy atom. The van der Waals surface area contributed by atoms with Gasteiger partial charge in [0.05, 0.1) is 5.56 Å². The number of nitrogens with two attached hydrogens (primary N) is 1. The van der Waals surface area contributed by atoms with E-state index in [0.29, 0.717) is 10.6 Å². The number of halogens is 1. The fourth-order valence-corrected chi connectivity index (χ4v) is 2.12. The van der Waals surface area contributed by atoms with Gasteiger partial charge >= 0.3 is 5.97 Å². The quantitative estimate of drug-likeness (QED) is 0.520. The third-order valence-corrected chi connectivity index (χ3v) is 3.49. The molecule has 0 heterocycles. The first-order valence-corrected chi connectivity index (χ1v) is 7.23. The summed E-state index contributed by atoms with van der Waals surface area (Å²) in [6.07, 6.45) is 0.902. The Kier molecular flexibility index (Phi) is 5.17. The summed E-state index contributed by atoms with van der Waals surface area (Å²) in [6.45, 7) is 1.71. The third kappa shape index (κ3) is 3.86. The van der Waals surface area contributed by atoms with Crippen molar-refractivity contribution in [1.82, 2.24) is 0 Å². The predicted octanol–water partition coefficient (Wildman–Crippen LogP) is 3.52. The fraction of sp³-hybridized carbons (Fsp3) is 0.176. The molecular formula is C17H16ClNO3. The van der Waals surface area contributed by atoms with Crippen LogP contribution in [-0.2, 0) is 11.2 Å². The molecule has 0 saturated carbocycles. The molecule has 0 fully saturated rings. The van der Waals surface area contributed by atoms with Crippen LogP contribution in [0.2, 0.25) is 5.02 Å². The van der Waals surface area contributed by atoms with Crippen LogP contribution >= 0.6 is 11.6 Å². The molecule has 0 spiro atoms. The van der Waals surface area contributed by atoms with Crippen LogP contribution in [0, 0.1) is 0 Å². The lowest BCUT2D eigenvalue weighted by molar-refractivity contribution is 0.0476. The minimum absolute atomic E-state index is 0.193. The molecule has 2 rings (SSSR count). The van der Waals surface area contributed by atoms with Crippen LogP contribution < -0.4 is 5.73 Å². The molecule has 4 nitrogen and oxygen atoms in total. The maximum absolute atomic E-state index is 12.0. The zero-order valence-corrected chi connectivity index (χ0v) is 12.9. The Morgan fingerprint density at radius 3 is 2.41 bits per heavy atom. The van der Waals surface area contributed by atoms with Gasteiger partial charge in [-0.15, -0.1) is 0 Å². The topological polar surface area (TPSA) is 69.4 Å². The molecule has 0 aliphatic heterocycles. The molecule has 0 amide bonds. The van der Waals surface area contributed by atoms with Crippen LogP contribution in [0.1, 0.15) is 33.2 Å². The second-order valence-electron chi connectivity index (χ2n) is 4.78. The minimum Gasteiger partial charge on any atom is -0.454 e. The van der Waals surface area contributed by atoms with E-state index in [4.69, 9.17) is 22.1 Å². The number of carbonyl (C=O) groups excluding carboxylic acids is 2. The number of rotatable bonds is 5. The normalized spacial score (nSPS) is 10.3. The highest BCUT2D eigenvalue weighted by Gasteiger charge is 2.14. The lowest BCUT2D eigenvalue weighted by Gasteiger charge is -2.07. The van der Waals surface area contributed by atoms with E-state index in [9.17, 15) is 9.59 Å². The Hall–Kier alpha value is -2.33. The van der Waals surface area contributed by atoms with Gasteiger partial charge in [-0.05, 0) is 30.2 Å². The van der Waals surface area contributed by atoms with Crippen LogP contribution in [0.15, 0.2) is 42.5 Å². The second-order valence-corrected chi connectivity index (χ2v) is 5.22. The predicted molar refractivity (Wildman–Crippen MR) is 86.3 cm³/mol. The van der Waals surface area contributed by atoms with E-state index in [2.05, 4.69) is 0 Å². The van der Waals surface area contributed by atoms with Gasteiger partial charge in [0.15, 0.2) is 12.4 Å². The van der Waals surface area contributed by atoms with Crippen LogP contribution in [0.5, 0.6) is 0 Å². The summed E-state index contributed by atoms with van der Waals surface area (Å²) >= 11 is 5.77. The van der Waals surface area contributed by atoms with Gasteiger partial charge in [0, 0.05) is 16.3 Å². The summed E-state index contributed by atoms with van der Waals surface area (Å²) in [6, 6.07) is 11.7. The summed E-state index contributed by atoms with van der Waals surface area (Å²) in [4.78, 5) is 23.9. The minimum atomic E-state index is -0.646. The maximum Gasteiger partial charge on any atom is 0.340 e. The Bertz CT molecular complexity index is 696. The van der Waals surface area contributed by atoms with Crippen molar-refractivity contribution in [3.63, 3.8) is 0 Å². The van der Waals surface area contributed by atoms with Crippen LogP contribution in [-0.4, -0.2) is 18.4 Å². The zero-order chi connectivity index (χ0) is 16.1. The highest BCUT2D eigenvalue weighted by atomic mass is 35.5. The number of aryl methyl sites for hydroxylation is 1. The van der Waals surface area contributed by atoms with Crippen LogP contribution in [0.3, 0.4) is 0 Å². The van der Waals surface area contributed by atoms with Crippen molar-refractivity contribution >= 4 is 29.0 Å². The van der Waals surface area contributed by atoms with Crippen molar-refractivity contribution in [2.45, 2.75) is 13.3 Å². The molecular weight excluding hydrogens is 302 g/mol. The van der Waals surface area contributed by atoms with Gasteiger partial charge in [0.2, 0.25) is 0 Å². The Labute approximate surface area is 133 Å². The number of benzene rings is 2. The molecule has 114 valence electrons. The maximum atomic E-state index is 12.0. The number of nitrogen functional groups attached to an aromatic ring is 1. The monoisotopic (exact) mass is 317 g/mol. The number of hydrogen-bond donors (Lipinski definition) is 1. The first-order chi connectivity index (χ1) is 10.5. The molecule has 0 saturated heterocycles. The van der Waals surface area contributed by atoms with Gasteiger partial charge in [0.1, 0.15) is 0 Å². The van der Waals surface area contributed by atoms with Gasteiger partial charge in [-0.3, -0.25) is 4.79 Å². The average Bonchev–Trinajstić information content (AvgIpc) is 2.52. The van der Waals surface area contributed by atoms with E-state index in [1.54, 1.807) is 18.2 Å². The summed E-state index contributed by atoms with van der Waals surface area (Å²) in [5, 5.41) is 0.432. The fourth-order valence-electron chi connectivity index (χ4n) is 1.94. The van der Waals surface area contributed by atoms with Crippen molar-refractivity contribution < 1.29 is 14.3 Å². The van der Waals surface area contributed by atoms with E-state index in [-0.39, 0.29) is 23.6 Å². The Morgan fingerprint density at radius 1 is 1.14 bits per heavy atom. The highest BCUT2D eigenvalue weighted by molar-refractivity contribution is 6.31. The largest absolute Gasteiger partial charge is 0.454 e. The third-order valence-electron chi connectivity index (χ3n) is 3.25. The smallest absolute Gasteiger partial charge is 0.340 e. The second kappa shape index (κ2) is 7.09. The molecule has 5 heteroatoms. The van der Waals surface area contributed by atoms with Gasteiger partial charge in [0.25, 0.3) is 0 Å². The number of ether oxygens (including phenoxy) is 1. The molecule has 0 radical (unpaired) electrons. The average molecular weight is 318 g/mol. The standard InChI is InChI=1S/C17H16ClNO3/c1-2-11-3-5-12(6-4-11)16(20)10-22-17(21)14-8-7-13(18)9-15(14)19/h3-9H,2,10,19H2,1H3. The molecule has 2 aromatic rings. The van der Waals surface area contributed by atoms with E-state index < -0.39 is 5.97 Å². The number of esters is 1. The van der Waals surface area contributed by atoms with Crippen LogP contribution in [0.4, 0.5) is 5.69 Å². The number of ketones is 1. The first kappa shape index (κ1) is 16.0. The summed E-state index contributed by atoms with van der Waals surface area (Å²) in [5.41, 5.74) is 7.76. The molecule has 0 bridgehead atoms. The Balaban J connectivity index is 1.99. The SMILES string of the molecule is CCc1ccc(C(=O)COC(=O)c2ccc(Cl)cc2N)cc1. The van der Waals surface area contributed by atoms with E-state index in [1.807, 2.05) is 19.1 Å². The number of Topliss-reactive ketones (excluding diaryl/α,β-unsaturated/α-hetero) is 1. The van der Waals surface area contributed by atoms with Gasteiger partial charge in [-0.25, -0.2) is 4.79 Å². The number of anilines is 1. The van der Waals surface area contributed by atoms with E-state index in [1.165, 1.54) is 12.1 Å². The molecule has 0 aliphatic rings. The van der Waals surface area contributed by atoms with E-state index in [0.717, 1.165) is 12.0 Å². The number of carbonyl (C=O) groups is 2. The van der Waals surface area contributed by atoms with Gasteiger partial charge in [-0.2, -0.15) is 0 Å². The van der Waals surface area contributed by atoms with E-state index >= 15 is 0 Å². The van der Waals surface area contributed by atoms with Crippen molar-refractivity contribution in [2.24, 2.45) is 0 Å². The molecule has 0 atom stereocenters. The number of hydrogen-bond acceptors (Lipinski definition) is 4. The van der Waals surface area contributed by atoms with Gasteiger partial charge in [-0.1, -0.05) is 42.8 Å². The summed E-state index contributed by atoms with van der Waals surface area (Å²) < 4.78 is 5.01. The van der Waals surface area contributed by atoms with Crippen molar-refractivity contribution in [2.75, 3.05) is 12.3 Å². The summed E-state index contributed by atoms with van der Waals surface area (Å²) in [5.74, 6) is -0.906. The van der Waals surface area contributed by atoms with Crippen molar-refractivity contribution in [3.8, 4) is 0 Å². The molecule has 2 aromatic carbocycles. The molecule has 22 heavy (non-hydrogen) atoms. The lowest BCUT2D eigenvalue weighted by atomic mass is 10.1. The highest BCUT2D eigenvalue weighted by Crippen LogP contribution is 2.19.